The van der Waals surface area contributed by atoms with E-state index in [1.165, 1.54) is 0 Å². The van der Waals surface area contributed by atoms with Crippen LogP contribution in [0.25, 0.3) is 0 Å². The largest absolute Gasteiger partial charge is 0.345 e. The van der Waals surface area contributed by atoms with Crippen LogP contribution in [0.15, 0.2) is 53.0 Å². The number of carbonyl (C=O) groups excluding carboxylic acids is 1. The zero-order valence-electron chi connectivity index (χ0n) is 11.4. The van der Waals surface area contributed by atoms with Gasteiger partial charge in [-0.25, -0.2) is 0 Å². The summed E-state index contributed by atoms with van der Waals surface area (Å²) in [7, 11) is 0. The predicted octanol–water partition coefficient (Wildman–Crippen LogP) is 4.98. The standard InChI is InChI=1S/C17H15BrClNO/c18-13-8-9-15(19)14(10-13)17(21)20-16(12-6-7-12)11-4-2-1-3-5-11/h1-5,8-10,12,16H,6-7H2,(H,20,21)/t16-/m1/s1. The lowest BCUT2D eigenvalue weighted by Gasteiger charge is -2.19. The van der Waals surface area contributed by atoms with Crippen LogP contribution in [0, 0.1) is 5.92 Å². The Hall–Kier alpha value is -1.32. The van der Waals surface area contributed by atoms with Crippen molar-refractivity contribution in [3.05, 3.63) is 69.2 Å². The van der Waals surface area contributed by atoms with Crippen molar-refractivity contribution < 1.29 is 4.79 Å². The van der Waals surface area contributed by atoms with Crippen LogP contribution in [0.5, 0.6) is 0 Å². The fourth-order valence-electron chi connectivity index (χ4n) is 2.45. The minimum Gasteiger partial charge on any atom is -0.345 e. The number of hydrogen-bond donors (Lipinski definition) is 1. The first-order chi connectivity index (χ1) is 10.1. The molecule has 1 aliphatic rings. The molecule has 108 valence electrons. The highest BCUT2D eigenvalue weighted by Crippen LogP contribution is 2.41. The Kier molecular flexibility index (Phi) is 4.32. The smallest absolute Gasteiger partial charge is 0.253 e. The summed E-state index contributed by atoms with van der Waals surface area (Å²) in [5.41, 5.74) is 1.66. The third-order valence-electron chi connectivity index (χ3n) is 3.71. The molecule has 1 saturated carbocycles. The van der Waals surface area contributed by atoms with Crippen molar-refractivity contribution >= 4 is 33.4 Å². The number of amides is 1. The minimum absolute atomic E-state index is 0.0637. The summed E-state index contributed by atoms with van der Waals surface area (Å²) in [4.78, 5) is 12.5. The van der Waals surface area contributed by atoms with Gasteiger partial charge in [0.05, 0.1) is 16.6 Å². The third kappa shape index (κ3) is 3.47. The fourth-order valence-corrected chi connectivity index (χ4v) is 3.02. The molecule has 1 aliphatic carbocycles. The van der Waals surface area contributed by atoms with Gasteiger partial charge < -0.3 is 5.32 Å². The van der Waals surface area contributed by atoms with Crippen molar-refractivity contribution in [1.82, 2.24) is 5.32 Å². The Bertz CT molecular complexity index is 655. The first-order valence-corrected chi connectivity index (χ1v) is 8.13. The van der Waals surface area contributed by atoms with Crippen LogP contribution in [0.3, 0.4) is 0 Å². The summed E-state index contributed by atoms with van der Waals surface area (Å²) < 4.78 is 0.847. The molecule has 0 saturated heterocycles. The highest BCUT2D eigenvalue weighted by atomic mass is 79.9. The van der Waals surface area contributed by atoms with Crippen LogP contribution in [-0.2, 0) is 0 Å². The molecule has 21 heavy (non-hydrogen) atoms. The monoisotopic (exact) mass is 363 g/mol. The molecule has 3 rings (SSSR count). The Morgan fingerprint density at radius 3 is 2.57 bits per heavy atom. The highest BCUT2D eigenvalue weighted by molar-refractivity contribution is 9.10. The summed E-state index contributed by atoms with van der Waals surface area (Å²) in [5.74, 6) is 0.407. The van der Waals surface area contributed by atoms with Gasteiger partial charge in [0.25, 0.3) is 5.91 Å². The molecule has 2 aromatic rings. The van der Waals surface area contributed by atoms with Gasteiger partial charge in [0.15, 0.2) is 0 Å². The van der Waals surface area contributed by atoms with Crippen molar-refractivity contribution in [2.45, 2.75) is 18.9 Å². The van der Waals surface area contributed by atoms with Crippen LogP contribution in [-0.4, -0.2) is 5.91 Å². The van der Waals surface area contributed by atoms with E-state index in [9.17, 15) is 4.79 Å². The fraction of sp³-hybridized carbons (Fsp3) is 0.235. The van der Waals surface area contributed by atoms with Crippen LogP contribution in [0.2, 0.25) is 5.02 Å². The van der Waals surface area contributed by atoms with E-state index in [1.807, 2.05) is 24.3 Å². The molecule has 2 aromatic carbocycles. The molecule has 0 spiro atoms. The predicted molar refractivity (Wildman–Crippen MR) is 88.5 cm³/mol. The van der Waals surface area contributed by atoms with E-state index < -0.39 is 0 Å². The zero-order chi connectivity index (χ0) is 14.8. The molecule has 0 aliphatic heterocycles. The topological polar surface area (TPSA) is 29.1 Å². The number of benzene rings is 2. The van der Waals surface area contributed by atoms with Gasteiger partial charge in [0.2, 0.25) is 0 Å². The maximum absolute atomic E-state index is 12.5. The van der Waals surface area contributed by atoms with Gasteiger partial charge in [-0.05, 0) is 42.5 Å². The van der Waals surface area contributed by atoms with Crippen molar-refractivity contribution in [2.24, 2.45) is 5.92 Å². The van der Waals surface area contributed by atoms with E-state index in [2.05, 4.69) is 33.4 Å². The van der Waals surface area contributed by atoms with Gasteiger partial charge in [-0.3, -0.25) is 4.79 Å². The Labute approximate surface area is 137 Å². The average molecular weight is 365 g/mol. The second-order valence-corrected chi connectivity index (χ2v) is 6.65. The summed E-state index contributed by atoms with van der Waals surface area (Å²) in [6.45, 7) is 0. The van der Waals surface area contributed by atoms with Gasteiger partial charge >= 0.3 is 0 Å². The van der Waals surface area contributed by atoms with Crippen LogP contribution in [0.4, 0.5) is 0 Å². The molecule has 0 bridgehead atoms. The van der Waals surface area contributed by atoms with Gasteiger partial charge in [-0.2, -0.15) is 0 Å². The minimum atomic E-state index is -0.123. The van der Waals surface area contributed by atoms with E-state index in [0.29, 0.717) is 16.5 Å². The third-order valence-corrected chi connectivity index (χ3v) is 4.53. The van der Waals surface area contributed by atoms with E-state index in [1.54, 1.807) is 12.1 Å². The van der Waals surface area contributed by atoms with Crippen molar-refractivity contribution in [1.29, 1.82) is 0 Å². The normalized spacial score (nSPS) is 15.5. The molecule has 2 nitrogen and oxygen atoms in total. The Balaban J connectivity index is 1.83. The lowest BCUT2D eigenvalue weighted by molar-refractivity contribution is 0.0932. The van der Waals surface area contributed by atoms with Gasteiger partial charge in [0.1, 0.15) is 0 Å². The molecule has 1 atom stereocenters. The molecule has 1 fully saturated rings. The van der Waals surface area contributed by atoms with Gasteiger partial charge in [-0.15, -0.1) is 0 Å². The van der Waals surface area contributed by atoms with Crippen LogP contribution >= 0.6 is 27.5 Å². The number of hydrogen-bond acceptors (Lipinski definition) is 1. The molecule has 0 radical (unpaired) electrons. The van der Waals surface area contributed by atoms with Gasteiger partial charge in [-0.1, -0.05) is 57.9 Å². The van der Waals surface area contributed by atoms with E-state index in [-0.39, 0.29) is 11.9 Å². The lowest BCUT2D eigenvalue weighted by Crippen LogP contribution is -2.30. The van der Waals surface area contributed by atoms with Gasteiger partial charge in [0, 0.05) is 4.47 Å². The first-order valence-electron chi connectivity index (χ1n) is 6.96. The van der Waals surface area contributed by atoms with Crippen LogP contribution < -0.4 is 5.32 Å². The first kappa shape index (κ1) is 14.6. The SMILES string of the molecule is O=C(N[C@H](c1ccccc1)C1CC1)c1cc(Br)ccc1Cl. The maximum Gasteiger partial charge on any atom is 0.253 e. The maximum atomic E-state index is 12.5. The molecule has 1 N–H and O–H groups in total. The van der Waals surface area contributed by atoms with Crippen molar-refractivity contribution in [2.75, 3.05) is 0 Å². The summed E-state index contributed by atoms with van der Waals surface area (Å²) >= 11 is 9.51. The van der Waals surface area contributed by atoms with Crippen molar-refractivity contribution in [3.63, 3.8) is 0 Å². The molecule has 0 heterocycles. The summed E-state index contributed by atoms with van der Waals surface area (Å²) in [5, 5.41) is 3.61. The second-order valence-electron chi connectivity index (χ2n) is 5.32. The average Bonchev–Trinajstić information content (AvgIpc) is 3.32. The second kappa shape index (κ2) is 6.20. The lowest BCUT2D eigenvalue weighted by atomic mass is 10.0. The summed E-state index contributed by atoms with van der Waals surface area (Å²) in [6, 6.07) is 15.5. The zero-order valence-corrected chi connectivity index (χ0v) is 13.7. The van der Waals surface area contributed by atoms with Crippen molar-refractivity contribution in [3.8, 4) is 0 Å². The summed E-state index contributed by atoms with van der Waals surface area (Å²) in [6.07, 6.45) is 2.32. The quantitative estimate of drug-likeness (QED) is 0.814. The number of carbonyl (C=O) groups is 1. The molecule has 0 aromatic heterocycles. The molecular weight excluding hydrogens is 350 g/mol. The van der Waals surface area contributed by atoms with E-state index in [0.717, 1.165) is 22.9 Å². The number of rotatable bonds is 4. The number of nitrogens with one attached hydrogen (secondary N) is 1. The Morgan fingerprint density at radius 1 is 1.19 bits per heavy atom. The number of halogens is 2. The van der Waals surface area contributed by atoms with E-state index >= 15 is 0 Å². The molecule has 1 amide bonds. The molecular formula is C17H15BrClNO. The Morgan fingerprint density at radius 2 is 1.90 bits per heavy atom. The molecule has 4 heteroatoms. The highest BCUT2D eigenvalue weighted by Gasteiger charge is 2.33. The molecule has 0 unspecified atom stereocenters. The van der Waals surface area contributed by atoms with Crippen LogP contribution in [0.1, 0.15) is 34.8 Å². The van der Waals surface area contributed by atoms with E-state index in [4.69, 9.17) is 11.6 Å².